The van der Waals surface area contributed by atoms with Crippen LogP contribution in [0, 0.1) is 12.8 Å². The first-order valence-corrected chi connectivity index (χ1v) is 9.10. The fourth-order valence-corrected chi connectivity index (χ4v) is 3.61. The predicted molar refractivity (Wildman–Crippen MR) is 102 cm³/mol. The van der Waals surface area contributed by atoms with Gasteiger partial charge in [0.05, 0.1) is 19.8 Å². The number of hydrogen-bond acceptors (Lipinski definition) is 4. The quantitative estimate of drug-likeness (QED) is 0.509. The van der Waals surface area contributed by atoms with Gasteiger partial charge in [-0.25, -0.2) is 0 Å². The van der Waals surface area contributed by atoms with E-state index in [-0.39, 0.29) is 5.78 Å². The molecule has 25 heavy (non-hydrogen) atoms. The minimum Gasteiger partial charge on any atom is -0.496 e. The molecule has 1 aromatic carbocycles. The molecule has 0 bridgehead atoms. The summed E-state index contributed by atoms with van der Waals surface area (Å²) < 4.78 is 10.9. The minimum atomic E-state index is 0.0295. The van der Waals surface area contributed by atoms with Crippen molar-refractivity contribution >= 4 is 5.78 Å². The molecule has 0 atom stereocenters. The van der Waals surface area contributed by atoms with Gasteiger partial charge in [0.15, 0.2) is 5.78 Å². The van der Waals surface area contributed by atoms with Crippen LogP contribution < -0.4 is 9.47 Å². The van der Waals surface area contributed by atoms with Crippen LogP contribution >= 0.6 is 0 Å². The molecule has 0 unspecified atom stereocenters. The van der Waals surface area contributed by atoms with Crippen molar-refractivity contribution in [1.29, 1.82) is 0 Å². The van der Waals surface area contributed by atoms with E-state index >= 15 is 0 Å². The standard InChI is InChI=1S/C21H31NO3/c1-15-12-20(25-5)18(13-19(15)24-4)21(23)17(14-22(2)3)11-10-16-8-6-7-9-16/h12-14,16H,6-11H2,1-5H3. The fraction of sp³-hybridized carbons (Fsp3) is 0.571. The van der Waals surface area contributed by atoms with Gasteiger partial charge in [-0.3, -0.25) is 4.79 Å². The Labute approximate surface area is 151 Å². The van der Waals surface area contributed by atoms with E-state index in [1.807, 2.05) is 38.2 Å². The van der Waals surface area contributed by atoms with Crippen LogP contribution in [0.15, 0.2) is 23.9 Å². The molecule has 1 aromatic rings. The first kappa shape index (κ1) is 19.4. The van der Waals surface area contributed by atoms with Crippen molar-refractivity contribution in [2.45, 2.75) is 45.4 Å². The Morgan fingerprint density at radius 1 is 1.16 bits per heavy atom. The number of ether oxygens (including phenoxy) is 2. The van der Waals surface area contributed by atoms with Gasteiger partial charge in [0, 0.05) is 25.9 Å². The normalized spacial score (nSPS) is 15.3. The zero-order valence-electron chi connectivity index (χ0n) is 16.2. The Kier molecular flexibility index (Phi) is 6.91. The molecule has 1 aliphatic rings. The molecule has 0 aromatic heterocycles. The number of methoxy groups -OCH3 is 2. The van der Waals surface area contributed by atoms with Gasteiger partial charge in [0.2, 0.25) is 0 Å². The van der Waals surface area contributed by atoms with Gasteiger partial charge in [-0.15, -0.1) is 0 Å². The number of rotatable bonds is 8. The molecule has 0 aliphatic heterocycles. The third kappa shape index (κ3) is 5.00. The lowest BCUT2D eigenvalue weighted by atomic mass is 9.93. The second-order valence-corrected chi connectivity index (χ2v) is 7.16. The second-order valence-electron chi connectivity index (χ2n) is 7.16. The number of aryl methyl sites for hydroxylation is 1. The molecule has 0 amide bonds. The van der Waals surface area contributed by atoms with E-state index in [0.29, 0.717) is 17.1 Å². The molecule has 0 spiro atoms. The molecule has 0 radical (unpaired) electrons. The summed E-state index contributed by atoms with van der Waals surface area (Å²) >= 11 is 0. The number of hydrogen-bond donors (Lipinski definition) is 0. The molecule has 0 saturated heterocycles. The maximum absolute atomic E-state index is 13.2. The molecule has 1 fully saturated rings. The summed E-state index contributed by atoms with van der Waals surface area (Å²) in [4.78, 5) is 15.2. The first-order valence-electron chi connectivity index (χ1n) is 9.10. The molecule has 2 rings (SSSR count). The Balaban J connectivity index is 2.28. The van der Waals surface area contributed by atoms with E-state index in [1.165, 1.54) is 25.7 Å². The summed E-state index contributed by atoms with van der Waals surface area (Å²) in [5, 5.41) is 0. The summed E-state index contributed by atoms with van der Waals surface area (Å²) in [5.74, 6) is 2.10. The van der Waals surface area contributed by atoms with Crippen LogP contribution in [0.3, 0.4) is 0 Å². The lowest BCUT2D eigenvalue weighted by molar-refractivity contribution is 0.102. The van der Waals surface area contributed by atoms with Crippen LogP contribution in [-0.2, 0) is 0 Å². The highest BCUT2D eigenvalue weighted by molar-refractivity contribution is 6.10. The average molecular weight is 345 g/mol. The number of benzene rings is 1. The van der Waals surface area contributed by atoms with Crippen molar-refractivity contribution in [1.82, 2.24) is 4.90 Å². The maximum Gasteiger partial charge on any atom is 0.194 e. The van der Waals surface area contributed by atoms with Crippen LogP contribution in [-0.4, -0.2) is 39.0 Å². The van der Waals surface area contributed by atoms with Gasteiger partial charge in [-0.2, -0.15) is 0 Å². The number of Topliss-reactive ketones (excluding diaryl/α,β-unsaturated/α-hetero) is 1. The Morgan fingerprint density at radius 3 is 2.36 bits per heavy atom. The largest absolute Gasteiger partial charge is 0.496 e. The number of nitrogens with zero attached hydrogens (tertiary/aromatic N) is 1. The summed E-state index contributed by atoms with van der Waals surface area (Å²) in [7, 11) is 7.14. The van der Waals surface area contributed by atoms with Crippen molar-refractivity contribution in [3.8, 4) is 11.5 Å². The Morgan fingerprint density at radius 2 is 1.80 bits per heavy atom. The zero-order valence-corrected chi connectivity index (χ0v) is 16.2. The van der Waals surface area contributed by atoms with Gasteiger partial charge in [-0.05, 0) is 43.4 Å². The molecule has 138 valence electrons. The molecule has 1 saturated carbocycles. The monoisotopic (exact) mass is 345 g/mol. The highest BCUT2D eigenvalue weighted by Crippen LogP contribution is 2.33. The van der Waals surface area contributed by atoms with Crippen molar-refractivity contribution < 1.29 is 14.3 Å². The minimum absolute atomic E-state index is 0.0295. The van der Waals surface area contributed by atoms with Crippen molar-refractivity contribution in [3.63, 3.8) is 0 Å². The van der Waals surface area contributed by atoms with E-state index in [0.717, 1.165) is 29.9 Å². The maximum atomic E-state index is 13.2. The van der Waals surface area contributed by atoms with Crippen LogP contribution in [0.1, 0.15) is 54.4 Å². The third-order valence-corrected chi connectivity index (χ3v) is 4.96. The van der Waals surface area contributed by atoms with Crippen LogP contribution in [0.4, 0.5) is 0 Å². The van der Waals surface area contributed by atoms with E-state index < -0.39 is 0 Å². The molecule has 0 heterocycles. The van der Waals surface area contributed by atoms with Crippen LogP contribution in [0.2, 0.25) is 0 Å². The third-order valence-electron chi connectivity index (χ3n) is 4.96. The zero-order chi connectivity index (χ0) is 18.4. The lowest BCUT2D eigenvalue weighted by Gasteiger charge is -2.17. The van der Waals surface area contributed by atoms with Crippen molar-refractivity contribution in [2.24, 2.45) is 5.92 Å². The summed E-state index contributed by atoms with van der Waals surface area (Å²) in [6, 6.07) is 3.67. The molecule has 4 nitrogen and oxygen atoms in total. The van der Waals surface area contributed by atoms with E-state index in [2.05, 4.69) is 0 Å². The van der Waals surface area contributed by atoms with Crippen molar-refractivity contribution in [2.75, 3.05) is 28.3 Å². The Hall–Kier alpha value is -1.97. The van der Waals surface area contributed by atoms with Gasteiger partial charge in [0.25, 0.3) is 0 Å². The van der Waals surface area contributed by atoms with Crippen LogP contribution in [0.25, 0.3) is 0 Å². The highest BCUT2D eigenvalue weighted by Gasteiger charge is 2.22. The summed E-state index contributed by atoms with van der Waals surface area (Å²) in [5.41, 5.74) is 2.37. The summed E-state index contributed by atoms with van der Waals surface area (Å²) in [6.45, 7) is 1.95. The molecular formula is C21H31NO3. The van der Waals surface area contributed by atoms with E-state index in [9.17, 15) is 4.79 Å². The smallest absolute Gasteiger partial charge is 0.194 e. The molecule has 0 N–H and O–H groups in total. The van der Waals surface area contributed by atoms with Crippen LogP contribution in [0.5, 0.6) is 11.5 Å². The highest BCUT2D eigenvalue weighted by atomic mass is 16.5. The van der Waals surface area contributed by atoms with Gasteiger partial charge in [-0.1, -0.05) is 25.7 Å². The van der Waals surface area contributed by atoms with Gasteiger partial charge in [0.1, 0.15) is 11.5 Å². The fourth-order valence-electron chi connectivity index (χ4n) is 3.61. The number of carbonyl (C=O) groups is 1. The lowest BCUT2D eigenvalue weighted by Crippen LogP contribution is -2.12. The number of ketones is 1. The van der Waals surface area contributed by atoms with E-state index in [4.69, 9.17) is 9.47 Å². The summed E-state index contributed by atoms with van der Waals surface area (Å²) in [6.07, 6.45) is 9.08. The Bertz CT molecular complexity index is 628. The SMILES string of the molecule is COc1cc(C(=O)C(=CN(C)C)CCC2CCCC2)c(OC)cc1C. The van der Waals surface area contributed by atoms with E-state index in [1.54, 1.807) is 20.3 Å². The predicted octanol–water partition coefficient (Wildman–Crippen LogP) is 4.61. The molecule has 1 aliphatic carbocycles. The molecule has 4 heteroatoms. The average Bonchev–Trinajstić information content (AvgIpc) is 3.10. The number of carbonyl (C=O) groups excluding carboxylic acids is 1. The first-order chi connectivity index (χ1) is 12.0. The molecular weight excluding hydrogens is 314 g/mol. The second kappa shape index (κ2) is 8.93. The van der Waals surface area contributed by atoms with Gasteiger partial charge < -0.3 is 14.4 Å². The number of allylic oxidation sites excluding steroid dienone is 1. The van der Waals surface area contributed by atoms with Crippen molar-refractivity contribution in [3.05, 3.63) is 35.0 Å². The topological polar surface area (TPSA) is 38.8 Å². The van der Waals surface area contributed by atoms with Gasteiger partial charge >= 0.3 is 0 Å².